The number of nitrogen functional groups attached to an aromatic ring is 1. The molecule has 4 nitrogen and oxygen atoms in total. The van der Waals surface area contributed by atoms with Crippen LogP contribution >= 0.6 is 0 Å². The van der Waals surface area contributed by atoms with Gasteiger partial charge in [0.15, 0.2) is 0 Å². The fourth-order valence-electron chi connectivity index (χ4n) is 2.24. The van der Waals surface area contributed by atoms with Gasteiger partial charge in [-0.05, 0) is 32.6 Å². The third-order valence-electron chi connectivity index (χ3n) is 4.03. The van der Waals surface area contributed by atoms with Crippen molar-refractivity contribution in [2.45, 2.75) is 52.9 Å². The van der Waals surface area contributed by atoms with Gasteiger partial charge >= 0.3 is 0 Å². The Morgan fingerprint density at radius 1 is 1.32 bits per heavy atom. The van der Waals surface area contributed by atoms with Crippen LogP contribution in [0.3, 0.4) is 0 Å². The van der Waals surface area contributed by atoms with Crippen LogP contribution in [0.1, 0.15) is 57.3 Å². The highest BCUT2D eigenvalue weighted by Gasteiger charge is 2.28. The first-order valence-corrected chi connectivity index (χ1v) is 7.45. The number of nitrogens with two attached hydrogens (primary N) is 1. The van der Waals surface area contributed by atoms with E-state index < -0.39 is 0 Å². The van der Waals surface area contributed by atoms with Crippen molar-refractivity contribution < 1.29 is 0 Å². The number of nitrogens with zero attached hydrogens (tertiary/aromatic N) is 3. The number of hydrogen-bond acceptors (Lipinski definition) is 4. The van der Waals surface area contributed by atoms with Crippen LogP contribution in [0.5, 0.6) is 0 Å². The number of aromatic nitrogens is 2. The van der Waals surface area contributed by atoms with E-state index in [0.717, 1.165) is 30.3 Å². The maximum atomic E-state index is 6.07. The molecule has 1 aliphatic carbocycles. The molecule has 4 heteroatoms. The zero-order valence-corrected chi connectivity index (χ0v) is 12.6. The Hall–Kier alpha value is -1.32. The summed E-state index contributed by atoms with van der Waals surface area (Å²) in [7, 11) is 0. The standard InChI is InChI=1S/C15H26N4/c1-5-10(3)9-19(6-2)15-11(4)13(16)17-14(18-15)12-7-8-12/h10,12H,5-9H2,1-4H3,(H2,16,17,18). The summed E-state index contributed by atoms with van der Waals surface area (Å²) in [6.07, 6.45) is 3.60. The van der Waals surface area contributed by atoms with Crippen LogP contribution in [0, 0.1) is 12.8 Å². The lowest BCUT2D eigenvalue weighted by atomic mass is 10.1. The topological polar surface area (TPSA) is 55.0 Å². The first-order valence-electron chi connectivity index (χ1n) is 7.45. The van der Waals surface area contributed by atoms with Crippen LogP contribution in [0.4, 0.5) is 11.6 Å². The van der Waals surface area contributed by atoms with Crippen LogP contribution < -0.4 is 10.6 Å². The lowest BCUT2D eigenvalue weighted by Gasteiger charge is -2.27. The van der Waals surface area contributed by atoms with E-state index in [1.807, 2.05) is 6.92 Å². The molecule has 2 rings (SSSR count). The maximum absolute atomic E-state index is 6.07. The minimum atomic E-state index is 0.545. The van der Waals surface area contributed by atoms with E-state index in [1.54, 1.807) is 0 Å². The van der Waals surface area contributed by atoms with E-state index in [9.17, 15) is 0 Å². The molecule has 1 atom stereocenters. The lowest BCUT2D eigenvalue weighted by molar-refractivity contribution is 0.544. The largest absolute Gasteiger partial charge is 0.383 e. The van der Waals surface area contributed by atoms with Crippen molar-refractivity contribution in [1.82, 2.24) is 9.97 Å². The molecule has 1 saturated carbocycles. The van der Waals surface area contributed by atoms with Crippen LogP contribution in [-0.2, 0) is 0 Å². The molecule has 1 heterocycles. The fraction of sp³-hybridized carbons (Fsp3) is 0.733. The zero-order chi connectivity index (χ0) is 14.0. The summed E-state index contributed by atoms with van der Waals surface area (Å²) < 4.78 is 0. The summed E-state index contributed by atoms with van der Waals surface area (Å²) in [5.41, 5.74) is 7.09. The van der Waals surface area contributed by atoms with Crippen molar-refractivity contribution in [1.29, 1.82) is 0 Å². The molecule has 1 aliphatic rings. The van der Waals surface area contributed by atoms with Gasteiger partial charge in [-0.3, -0.25) is 0 Å². The van der Waals surface area contributed by atoms with Crippen molar-refractivity contribution in [2.75, 3.05) is 23.7 Å². The summed E-state index contributed by atoms with van der Waals surface area (Å²) in [5, 5.41) is 0. The Bertz CT molecular complexity index is 440. The molecule has 0 amide bonds. The Morgan fingerprint density at radius 3 is 2.53 bits per heavy atom. The predicted octanol–water partition coefficient (Wildman–Crippen LogP) is 3.12. The molecule has 2 N–H and O–H groups in total. The smallest absolute Gasteiger partial charge is 0.137 e. The summed E-state index contributed by atoms with van der Waals surface area (Å²) in [6, 6.07) is 0. The Kier molecular flexibility index (Phi) is 4.27. The summed E-state index contributed by atoms with van der Waals surface area (Å²) in [4.78, 5) is 11.6. The second-order valence-electron chi connectivity index (χ2n) is 5.74. The summed E-state index contributed by atoms with van der Waals surface area (Å²) in [5.74, 6) is 3.84. The normalized spacial score (nSPS) is 16.4. The van der Waals surface area contributed by atoms with Gasteiger partial charge in [0.2, 0.25) is 0 Å². The molecule has 0 bridgehead atoms. The van der Waals surface area contributed by atoms with Crippen molar-refractivity contribution in [3.05, 3.63) is 11.4 Å². The first kappa shape index (κ1) is 14.1. The fourth-order valence-corrected chi connectivity index (χ4v) is 2.24. The molecular formula is C15H26N4. The highest BCUT2D eigenvalue weighted by atomic mass is 15.2. The Balaban J connectivity index is 2.29. The van der Waals surface area contributed by atoms with E-state index in [0.29, 0.717) is 17.7 Å². The molecule has 1 fully saturated rings. The molecule has 0 aromatic carbocycles. The lowest BCUT2D eigenvalue weighted by Crippen LogP contribution is -2.30. The van der Waals surface area contributed by atoms with Gasteiger partial charge in [0.1, 0.15) is 17.5 Å². The first-order chi connectivity index (χ1) is 9.06. The molecule has 19 heavy (non-hydrogen) atoms. The monoisotopic (exact) mass is 262 g/mol. The van der Waals surface area contributed by atoms with Crippen LogP contribution in [-0.4, -0.2) is 23.1 Å². The van der Waals surface area contributed by atoms with Gasteiger partial charge in [0, 0.05) is 24.6 Å². The molecule has 0 spiro atoms. The van der Waals surface area contributed by atoms with E-state index in [4.69, 9.17) is 10.7 Å². The van der Waals surface area contributed by atoms with Gasteiger partial charge in [-0.25, -0.2) is 9.97 Å². The average molecular weight is 262 g/mol. The third-order valence-corrected chi connectivity index (χ3v) is 4.03. The highest BCUT2D eigenvalue weighted by Crippen LogP contribution is 2.39. The van der Waals surface area contributed by atoms with Gasteiger partial charge < -0.3 is 10.6 Å². The quantitative estimate of drug-likeness (QED) is 0.856. The molecule has 0 aliphatic heterocycles. The second kappa shape index (κ2) is 5.76. The molecule has 1 aromatic heterocycles. The molecular weight excluding hydrogens is 236 g/mol. The van der Waals surface area contributed by atoms with Crippen molar-refractivity contribution in [2.24, 2.45) is 5.92 Å². The van der Waals surface area contributed by atoms with Gasteiger partial charge in [0.25, 0.3) is 0 Å². The highest BCUT2D eigenvalue weighted by molar-refractivity contribution is 5.56. The van der Waals surface area contributed by atoms with Crippen LogP contribution in [0.25, 0.3) is 0 Å². The molecule has 0 saturated heterocycles. The van der Waals surface area contributed by atoms with Crippen molar-refractivity contribution in [3.8, 4) is 0 Å². The zero-order valence-electron chi connectivity index (χ0n) is 12.6. The number of rotatable bonds is 6. The Labute approximate surface area is 116 Å². The van der Waals surface area contributed by atoms with Crippen molar-refractivity contribution >= 4 is 11.6 Å². The van der Waals surface area contributed by atoms with Crippen LogP contribution in [0.15, 0.2) is 0 Å². The predicted molar refractivity (Wildman–Crippen MR) is 80.5 cm³/mol. The van der Waals surface area contributed by atoms with Gasteiger partial charge in [-0.15, -0.1) is 0 Å². The van der Waals surface area contributed by atoms with E-state index in [2.05, 4.69) is 30.7 Å². The van der Waals surface area contributed by atoms with E-state index in [-0.39, 0.29) is 0 Å². The average Bonchev–Trinajstić information content (AvgIpc) is 3.23. The van der Waals surface area contributed by atoms with E-state index >= 15 is 0 Å². The molecule has 1 aromatic rings. The van der Waals surface area contributed by atoms with Gasteiger partial charge in [0.05, 0.1) is 0 Å². The molecule has 1 unspecified atom stereocenters. The minimum Gasteiger partial charge on any atom is -0.383 e. The molecule has 0 radical (unpaired) electrons. The summed E-state index contributed by atoms with van der Waals surface area (Å²) >= 11 is 0. The van der Waals surface area contributed by atoms with Gasteiger partial charge in [-0.1, -0.05) is 20.3 Å². The summed E-state index contributed by atoms with van der Waals surface area (Å²) in [6.45, 7) is 10.7. The minimum absolute atomic E-state index is 0.545. The number of anilines is 2. The SMILES string of the molecule is CCC(C)CN(CC)c1nc(C2CC2)nc(N)c1C. The maximum Gasteiger partial charge on any atom is 0.137 e. The van der Waals surface area contributed by atoms with Gasteiger partial charge in [-0.2, -0.15) is 0 Å². The van der Waals surface area contributed by atoms with Crippen molar-refractivity contribution in [3.63, 3.8) is 0 Å². The second-order valence-corrected chi connectivity index (χ2v) is 5.74. The van der Waals surface area contributed by atoms with Crippen LogP contribution in [0.2, 0.25) is 0 Å². The van der Waals surface area contributed by atoms with E-state index in [1.165, 1.54) is 19.3 Å². The third kappa shape index (κ3) is 3.17. The Morgan fingerprint density at radius 2 is 2.00 bits per heavy atom. The number of hydrogen-bond donors (Lipinski definition) is 1. The molecule has 106 valence electrons.